The van der Waals surface area contributed by atoms with E-state index in [0.29, 0.717) is 5.69 Å². The predicted molar refractivity (Wildman–Crippen MR) is 114 cm³/mol. The number of aryl methyl sites for hydroxylation is 2. The first kappa shape index (κ1) is 20.7. The smallest absolute Gasteiger partial charge is 0.369 e. The Morgan fingerprint density at radius 1 is 1.03 bits per heavy atom. The fraction of sp³-hybridized carbons (Fsp3) is 0.565. The van der Waals surface area contributed by atoms with Gasteiger partial charge in [-0.2, -0.15) is 13.2 Å². The topological polar surface area (TPSA) is 6.48 Å². The average molecular weight is 423 g/mol. The van der Waals surface area contributed by atoms with Crippen molar-refractivity contribution in [2.75, 3.05) is 37.6 Å². The molecule has 0 spiro atoms. The van der Waals surface area contributed by atoms with Crippen LogP contribution in [0.3, 0.4) is 0 Å². The zero-order valence-electron chi connectivity index (χ0n) is 17.0. The zero-order chi connectivity index (χ0) is 20.4. The van der Waals surface area contributed by atoms with Crippen LogP contribution in [0.4, 0.5) is 18.9 Å². The van der Waals surface area contributed by atoms with E-state index in [0.717, 1.165) is 51.6 Å². The molecule has 158 valence electrons. The van der Waals surface area contributed by atoms with E-state index in [2.05, 4.69) is 16.7 Å². The van der Waals surface area contributed by atoms with Crippen LogP contribution >= 0.6 is 11.3 Å². The summed E-state index contributed by atoms with van der Waals surface area (Å²) < 4.78 is 38.9. The number of halogens is 3. The molecule has 6 heteroatoms. The van der Waals surface area contributed by atoms with E-state index in [-0.39, 0.29) is 0 Å². The van der Waals surface area contributed by atoms with Crippen LogP contribution in [-0.4, -0.2) is 37.6 Å². The highest BCUT2D eigenvalue weighted by Crippen LogP contribution is 2.35. The molecule has 1 aliphatic carbocycles. The Morgan fingerprint density at radius 3 is 2.55 bits per heavy atom. The Labute approximate surface area is 175 Å². The second kappa shape index (κ2) is 8.68. The highest BCUT2D eigenvalue weighted by atomic mass is 32.1. The first-order chi connectivity index (χ1) is 13.9. The largest absolute Gasteiger partial charge is 0.416 e. The summed E-state index contributed by atoms with van der Waals surface area (Å²) in [5.74, 6) is 0. The molecule has 0 radical (unpaired) electrons. The van der Waals surface area contributed by atoms with Crippen molar-refractivity contribution in [2.45, 2.75) is 51.6 Å². The lowest BCUT2D eigenvalue weighted by Crippen LogP contribution is -2.46. The van der Waals surface area contributed by atoms with Gasteiger partial charge in [-0.1, -0.05) is 6.07 Å². The highest BCUT2D eigenvalue weighted by molar-refractivity contribution is 7.12. The molecule has 2 heterocycles. The van der Waals surface area contributed by atoms with Crippen molar-refractivity contribution in [1.29, 1.82) is 0 Å². The summed E-state index contributed by atoms with van der Waals surface area (Å²) in [6, 6.07) is 5.71. The summed E-state index contributed by atoms with van der Waals surface area (Å²) in [7, 11) is 0. The molecule has 4 rings (SSSR count). The molecular weight excluding hydrogens is 393 g/mol. The molecular formula is C23H29F3N2S. The molecule has 0 N–H and O–H groups in total. The summed E-state index contributed by atoms with van der Waals surface area (Å²) in [4.78, 5) is 7.66. The Hall–Kier alpha value is -1.53. The quantitative estimate of drug-likeness (QED) is 0.609. The van der Waals surface area contributed by atoms with Crippen molar-refractivity contribution in [1.82, 2.24) is 4.90 Å². The van der Waals surface area contributed by atoms with Crippen molar-refractivity contribution in [3.63, 3.8) is 0 Å². The van der Waals surface area contributed by atoms with E-state index >= 15 is 0 Å². The lowest BCUT2D eigenvalue weighted by Gasteiger charge is -2.36. The summed E-state index contributed by atoms with van der Waals surface area (Å²) in [5.41, 5.74) is 3.37. The molecule has 0 bridgehead atoms. The Kier molecular flexibility index (Phi) is 6.21. The number of fused-ring (bicyclic) bond motifs is 1. The van der Waals surface area contributed by atoms with Gasteiger partial charge in [0, 0.05) is 41.6 Å². The van der Waals surface area contributed by atoms with Crippen LogP contribution < -0.4 is 4.90 Å². The van der Waals surface area contributed by atoms with Crippen LogP contribution in [0.15, 0.2) is 24.3 Å². The van der Waals surface area contributed by atoms with E-state index in [1.165, 1.54) is 42.7 Å². The minimum absolute atomic E-state index is 0.563. The minimum atomic E-state index is -4.28. The molecule has 2 aliphatic rings. The van der Waals surface area contributed by atoms with Crippen molar-refractivity contribution in [2.24, 2.45) is 0 Å². The maximum atomic E-state index is 13.0. The number of hydrogen-bond donors (Lipinski definition) is 0. The maximum Gasteiger partial charge on any atom is 0.416 e. The molecule has 2 nitrogen and oxygen atoms in total. The Morgan fingerprint density at radius 2 is 1.79 bits per heavy atom. The van der Waals surface area contributed by atoms with Crippen molar-refractivity contribution < 1.29 is 13.2 Å². The van der Waals surface area contributed by atoms with Gasteiger partial charge in [-0.05, 0) is 81.3 Å². The molecule has 2 aromatic rings. The first-order valence-electron chi connectivity index (χ1n) is 10.7. The number of nitrogens with zero attached hydrogens (tertiary/aromatic N) is 2. The van der Waals surface area contributed by atoms with Gasteiger partial charge in [-0.15, -0.1) is 11.3 Å². The number of alkyl halides is 3. The van der Waals surface area contributed by atoms with E-state index in [1.807, 2.05) is 11.3 Å². The second-order valence-electron chi connectivity index (χ2n) is 8.23. The van der Waals surface area contributed by atoms with Gasteiger partial charge in [0.15, 0.2) is 0 Å². The standard InChI is InChI=1S/C23H29F3N2S/c1-17-20(21-8-2-3-10-22(21)29-17)9-5-11-27-12-14-28(15-13-27)19-7-4-6-18(16-19)23(24,25)26/h4,6-7,16H,2-3,5,8-15H2,1H3. The summed E-state index contributed by atoms with van der Waals surface area (Å²) in [6.45, 7) is 6.74. The molecule has 1 aromatic carbocycles. The molecule has 1 fully saturated rings. The van der Waals surface area contributed by atoms with Crippen LogP contribution in [0.5, 0.6) is 0 Å². The fourth-order valence-electron chi connectivity index (χ4n) is 4.68. The van der Waals surface area contributed by atoms with Crippen molar-refractivity contribution >= 4 is 17.0 Å². The highest BCUT2D eigenvalue weighted by Gasteiger charge is 2.31. The fourth-order valence-corrected chi connectivity index (χ4v) is 6.00. The SMILES string of the molecule is Cc1sc2c(c1CCCN1CCN(c3cccc(C(F)(F)F)c3)CC1)CCCC2. The minimum Gasteiger partial charge on any atom is -0.369 e. The number of rotatable bonds is 5. The van der Waals surface area contributed by atoms with Gasteiger partial charge < -0.3 is 4.90 Å². The molecule has 1 aliphatic heterocycles. The monoisotopic (exact) mass is 422 g/mol. The Balaban J connectivity index is 1.27. The van der Waals surface area contributed by atoms with E-state index in [1.54, 1.807) is 22.1 Å². The first-order valence-corrected chi connectivity index (χ1v) is 11.5. The normalized spacial score (nSPS) is 18.1. The van der Waals surface area contributed by atoms with Gasteiger partial charge in [-0.25, -0.2) is 0 Å². The lowest BCUT2D eigenvalue weighted by atomic mass is 9.93. The van der Waals surface area contributed by atoms with Crippen LogP contribution in [0.2, 0.25) is 0 Å². The van der Waals surface area contributed by atoms with E-state index in [9.17, 15) is 13.2 Å². The molecule has 0 saturated carbocycles. The number of piperazine rings is 1. The average Bonchev–Trinajstić information content (AvgIpc) is 3.03. The predicted octanol–water partition coefficient (Wildman–Crippen LogP) is 5.71. The van der Waals surface area contributed by atoms with Gasteiger partial charge in [0.1, 0.15) is 0 Å². The molecule has 0 atom stereocenters. The maximum absolute atomic E-state index is 13.0. The van der Waals surface area contributed by atoms with Crippen molar-refractivity contribution in [3.05, 3.63) is 50.7 Å². The lowest BCUT2D eigenvalue weighted by molar-refractivity contribution is -0.137. The molecule has 29 heavy (non-hydrogen) atoms. The summed E-state index contributed by atoms with van der Waals surface area (Å²) in [6.07, 6.45) is 3.22. The third-order valence-electron chi connectivity index (χ3n) is 6.29. The zero-order valence-corrected chi connectivity index (χ0v) is 17.8. The van der Waals surface area contributed by atoms with Crippen LogP contribution in [-0.2, 0) is 25.4 Å². The van der Waals surface area contributed by atoms with Gasteiger partial charge in [-0.3, -0.25) is 4.90 Å². The van der Waals surface area contributed by atoms with Gasteiger partial charge >= 0.3 is 6.18 Å². The Bertz CT molecular complexity index is 835. The van der Waals surface area contributed by atoms with Crippen LogP contribution in [0, 0.1) is 6.92 Å². The third kappa shape index (κ3) is 4.80. The van der Waals surface area contributed by atoms with Crippen molar-refractivity contribution in [3.8, 4) is 0 Å². The van der Waals surface area contributed by atoms with Gasteiger partial charge in [0.25, 0.3) is 0 Å². The number of anilines is 1. The van der Waals surface area contributed by atoms with Crippen LogP contribution in [0.25, 0.3) is 0 Å². The third-order valence-corrected chi connectivity index (χ3v) is 7.54. The number of hydrogen-bond acceptors (Lipinski definition) is 3. The van der Waals surface area contributed by atoms with E-state index < -0.39 is 11.7 Å². The summed E-state index contributed by atoms with van der Waals surface area (Å²) in [5, 5.41) is 0. The van der Waals surface area contributed by atoms with Gasteiger partial charge in [0.2, 0.25) is 0 Å². The summed E-state index contributed by atoms with van der Waals surface area (Å²) >= 11 is 2.00. The molecule has 1 saturated heterocycles. The van der Waals surface area contributed by atoms with Crippen LogP contribution in [0.1, 0.15) is 45.7 Å². The number of thiophene rings is 1. The molecule has 0 unspecified atom stereocenters. The van der Waals surface area contributed by atoms with E-state index in [4.69, 9.17) is 0 Å². The van der Waals surface area contributed by atoms with Gasteiger partial charge in [0.05, 0.1) is 5.56 Å². The number of benzene rings is 1. The second-order valence-corrected chi connectivity index (χ2v) is 9.54. The molecule has 1 aromatic heterocycles. The molecule has 0 amide bonds.